The first-order valence-electron chi connectivity index (χ1n) is 7.10. The number of ketones is 1. The third kappa shape index (κ3) is 4.63. The second-order valence-electron chi connectivity index (χ2n) is 4.99. The van der Waals surface area contributed by atoms with Crippen molar-refractivity contribution in [1.82, 2.24) is 10.3 Å². The number of hydrogen-bond acceptors (Lipinski definition) is 6. The lowest BCUT2D eigenvalue weighted by Gasteiger charge is -2.14. The van der Waals surface area contributed by atoms with Crippen molar-refractivity contribution in [3.05, 3.63) is 45.9 Å². The van der Waals surface area contributed by atoms with Crippen LogP contribution in [0.5, 0.6) is 5.75 Å². The molecular formula is C16H16N2O5S. The number of carboxylic acids is 1. The van der Waals surface area contributed by atoms with Gasteiger partial charge in [-0.3, -0.25) is 9.59 Å². The predicted octanol–water partition coefficient (Wildman–Crippen LogP) is 2.13. The second kappa shape index (κ2) is 7.69. The molecule has 2 aromatic rings. The molecule has 1 aromatic carbocycles. The molecule has 126 valence electrons. The van der Waals surface area contributed by atoms with Crippen molar-refractivity contribution in [2.45, 2.75) is 26.5 Å². The van der Waals surface area contributed by atoms with E-state index in [9.17, 15) is 14.4 Å². The molecule has 0 aliphatic heterocycles. The van der Waals surface area contributed by atoms with Crippen LogP contribution in [0.15, 0.2) is 29.6 Å². The van der Waals surface area contributed by atoms with Gasteiger partial charge in [0, 0.05) is 10.9 Å². The van der Waals surface area contributed by atoms with Crippen LogP contribution < -0.4 is 10.1 Å². The molecule has 0 radical (unpaired) electrons. The number of aromatic carboxylic acids is 1. The Balaban J connectivity index is 1.90. The number of nitrogens with zero attached hydrogens (tertiary/aromatic N) is 1. The molecule has 0 aliphatic rings. The summed E-state index contributed by atoms with van der Waals surface area (Å²) < 4.78 is 5.52. The number of carbonyl (C=O) groups excluding carboxylic acids is 2. The first-order valence-corrected chi connectivity index (χ1v) is 7.98. The normalized spacial score (nSPS) is 11.6. The monoisotopic (exact) mass is 348 g/mol. The van der Waals surface area contributed by atoms with E-state index in [2.05, 4.69) is 10.3 Å². The highest BCUT2D eigenvalue weighted by molar-refractivity contribution is 7.09. The van der Waals surface area contributed by atoms with Crippen LogP contribution in [0.3, 0.4) is 0 Å². The maximum absolute atomic E-state index is 12.0. The highest BCUT2D eigenvalue weighted by Gasteiger charge is 2.16. The van der Waals surface area contributed by atoms with Crippen molar-refractivity contribution in [3.8, 4) is 5.75 Å². The zero-order valence-electron chi connectivity index (χ0n) is 13.1. The van der Waals surface area contributed by atoms with Gasteiger partial charge in [0.15, 0.2) is 17.6 Å². The lowest BCUT2D eigenvalue weighted by molar-refractivity contribution is -0.127. The standard InChI is InChI=1S/C16H16N2O5S/c1-9(19)11-4-3-5-12(6-11)23-10(2)15(20)17-7-14-18-13(8-24-14)16(21)22/h3-6,8,10H,7H2,1-2H3,(H,17,20)(H,21,22). The third-order valence-corrected chi connectivity index (χ3v) is 3.96. The molecule has 0 spiro atoms. The van der Waals surface area contributed by atoms with E-state index >= 15 is 0 Å². The van der Waals surface area contributed by atoms with Crippen LogP contribution in [-0.2, 0) is 11.3 Å². The highest BCUT2D eigenvalue weighted by Crippen LogP contribution is 2.15. The molecule has 2 rings (SSSR count). The maximum Gasteiger partial charge on any atom is 0.355 e. The summed E-state index contributed by atoms with van der Waals surface area (Å²) in [6.07, 6.45) is -0.772. The number of carbonyl (C=O) groups is 3. The largest absolute Gasteiger partial charge is 0.481 e. The molecule has 0 saturated heterocycles. The van der Waals surface area contributed by atoms with Crippen LogP contribution in [0.2, 0.25) is 0 Å². The first kappa shape index (κ1) is 17.6. The quantitative estimate of drug-likeness (QED) is 0.743. The lowest BCUT2D eigenvalue weighted by atomic mass is 10.1. The molecule has 1 aromatic heterocycles. The van der Waals surface area contributed by atoms with E-state index in [1.54, 1.807) is 31.2 Å². The SMILES string of the molecule is CC(=O)c1cccc(OC(C)C(=O)NCc2nc(C(=O)O)cs2)c1. The molecule has 1 unspecified atom stereocenters. The van der Waals surface area contributed by atoms with Crippen molar-refractivity contribution in [3.63, 3.8) is 0 Å². The summed E-state index contributed by atoms with van der Waals surface area (Å²) in [5.41, 5.74) is 0.457. The van der Waals surface area contributed by atoms with Gasteiger partial charge in [-0.2, -0.15) is 0 Å². The van der Waals surface area contributed by atoms with E-state index in [0.717, 1.165) is 11.3 Å². The van der Waals surface area contributed by atoms with Gasteiger partial charge in [-0.05, 0) is 26.0 Å². The van der Waals surface area contributed by atoms with Crippen LogP contribution in [-0.4, -0.2) is 33.9 Å². The summed E-state index contributed by atoms with van der Waals surface area (Å²) in [6, 6.07) is 6.59. The summed E-state index contributed by atoms with van der Waals surface area (Å²) >= 11 is 1.16. The number of thiazole rings is 1. The molecule has 0 aliphatic carbocycles. The number of carboxylic acid groups (broad SMARTS) is 1. The van der Waals surface area contributed by atoms with Crippen LogP contribution in [0.1, 0.15) is 39.7 Å². The smallest absolute Gasteiger partial charge is 0.355 e. The summed E-state index contributed by atoms with van der Waals surface area (Å²) in [6.45, 7) is 3.16. The summed E-state index contributed by atoms with van der Waals surface area (Å²) in [5, 5.41) is 13.3. The number of Topliss-reactive ketones (excluding diaryl/α,β-unsaturated/α-hetero) is 1. The topological polar surface area (TPSA) is 106 Å². The summed E-state index contributed by atoms with van der Waals surface area (Å²) in [4.78, 5) is 38.0. The molecule has 1 atom stereocenters. The van der Waals surface area contributed by atoms with E-state index in [4.69, 9.17) is 9.84 Å². The van der Waals surface area contributed by atoms with Crippen molar-refractivity contribution < 1.29 is 24.2 Å². The van der Waals surface area contributed by atoms with Crippen molar-refractivity contribution >= 4 is 29.0 Å². The van der Waals surface area contributed by atoms with Crippen molar-refractivity contribution in [1.29, 1.82) is 0 Å². The van der Waals surface area contributed by atoms with Gasteiger partial charge < -0.3 is 15.2 Å². The average Bonchev–Trinajstić information content (AvgIpc) is 3.02. The van der Waals surface area contributed by atoms with E-state index in [0.29, 0.717) is 16.3 Å². The Kier molecular flexibility index (Phi) is 5.64. The van der Waals surface area contributed by atoms with Gasteiger partial charge in [0.2, 0.25) is 0 Å². The Hall–Kier alpha value is -2.74. The van der Waals surface area contributed by atoms with Gasteiger partial charge in [-0.1, -0.05) is 12.1 Å². The van der Waals surface area contributed by atoms with Crippen LogP contribution >= 0.6 is 11.3 Å². The molecule has 0 bridgehead atoms. The zero-order chi connectivity index (χ0) is 17.7. The van der Waals surface area contributed by atoms with Gasteiger partial charge in [0.25, 0.3) is 5.91 Å². The minimum atomic E-state index is -1.11. The maximum atomic E-state index is 12.0. The molecule has 0 saturated carbocycles. The van der Waals surface area contributed by atoms with Crippen LogP contribution in [0.25, 0.3) is 0 Å². The van der Waals surface area contributed by atoms with Crippen molar-refractivity contribution in [2.75, 3.05) is 0 Å². The molecule has 7 nitrogen and oxygen atoms in total. The van der Waals surface area contributed by atoms with E-state index in [1.807, 2.05) is 0 Å². The van der Waals surface area contributed by atoms with E-state index < -0.39 is 12.1 Å². The molecular weight excluding hydrogens is 332 g/mol. The predicted molar refractivity (Wildman–Crippen MR) is 87.5 cm³/mol. The Labute approximate surface area is 142 Å². The molecule has 8 heteroatoms. The summed E-state index contributed by atoms with van der Waals surface area (Å²) in [7, 11) is 0. The van der Waals surface area contributed by atoms with Crippen LogP contribution in [0.4, 0.5) is 0 Å². The van der Waals surface area contributed by atoms with Crippen molar-refractivity contribution in [2.24, 2.45) is 0 Å². The second-order valence-corrected chi connectivity index (χ2v) is 5.94. The number of benzene rings is 1. The number of rotatable bonds is 7. The van der Waals surface area contributed by atoms with Gasteiger partial charge >= 0.3 is 5.97 Å². The number of hydrogen-bond donors (Lipinski definition) is 2. The lowest BCUT2D eigenvalue weighted by Crippen LogP contribution is -2.35. The first-order chi connectivity index (χ1) is 11.4. The summed E-state index contributed by atoms with van der Waals surface area (Å²) in [5.74, 6) is -1.13. The van der Waals surface area contributed by atoms with E-state index in [1.165, 1.54) is 12.3 Å². The van der Waals surface area contributed by atoms with Crippen LogP contribution in [0, 0.1) is 0 Å². The Morgan fingerprint density at radius 2 is 2.12 bits per heavy atom. The Morgan fingerprint density at radius 3 is 2.75 bits per heavy atom. The fourth-order valence-corrected chi connectivity index (χ4v) is 2.55. The molecule has 24 heavy (non-hydrogen) atoms. The number of nitrogens with one attached hydrogen (secondary N) is 1. The van der Waals surface area contributed by atoms with Gasteiger partial charge in [-0.15, -0.1) is 11.3 Å². The van der Waals surface area contributed by atoms with Gasteiger partial charge in [0.1, 0.15) is 10.8 Å². The minimum Gasteiger partial charge on any atom is -0.481 e. The zero-order valence-corrected chi connectivity index (χ0v) is 13.9. The highest BCUT2D eigenvalue weighted by atomic mass is 32.1. The minimum absolute atomic E-state index is 0.0467. The molecule has 1 amide bonds. The molecule has 2 N–H and O–H groups in total. The Morgan fingerprint density at radius 1 is 1.38 bits per heavy atom. The molecule has 0 fully saturated rings. The number of aromatic nitrogens is 1. The third-order valence-electron chi connectivity index (χ3n) is 3.11. The Bertz CT molecular complexity index is 771. The van der Waals surface area contributed by atoms with E-state index in [-0.39, 0.29) is 23.9 Å². The molecule has 1 heterocycles. The fourth-order valence-electron chi connectivity index (χ4n) is 1.84. The van der Waals surface area contributed by atoms with Gasteiger partial charge in [-0.25, -0.2) is 9.78 Å². The number of ether oxygens (including phenoxy) is 1. The number of amides is 1. The fraction of sp³-hybridized carbons (Fsp3) is 0.250. The van der Waals surface area contributed by atoms with Gasteiger partial charge in [0.05, 0.1) is 6.54 Å². The average molecular weight is 348 g/mol.